The third-order valence-corrected chi connectivity index (χ3v) is 3.82. The van der Waals surface area contributed by atoms with Gasteiger partial charge in [0.05, 0.1) is 0 Å². The predicted molar refractivity (Wildman–Crippen MR) is 93.0 cm³/mol. The molecule has 1 amide bonds. The van der Waals surface area contributed by atoms with Gasteiger partial charge in [-0.3, -0.25) is 9.59 Å². The number of hydrogen-bond acceptors (Lipinski definition) is 2. The molecule has 23 heavy (non-hydrogen) atoms. The molecule has 2 aromatic rings. The van der Waals surface area contributed by atoms with Gasteiger partial charge in [-0.15, -0.1) is 0 Å². The zero-order valence-electron chi connectivity index (χ0n) is 13.4. The summed E-state index contributed by atoms with van der Waals surface area (Å²) < 4.78 is 0. The van der Waals surface area contributed by atoms with Crippen LogP contribution in [-0.4, -0.2) is 12.2 Å². The van der Waals surface area contributed by atoms with Crippen molar-refractivity contribution in [3.05, 3.63) is 65.7 Å². The van der Waals surface area contributed by atoms with Crippen molar-refractivity contribution in [2.24, 2.45) is 5.92 Å². The first kappa shape index (κ1) is 16.9. The second-order valence-electron chi connectivity index (χ2n) is 5.90. The number of amides is 1. The topological polar surface area (TPSA) is 46.2 Å². The molecule has 0 heterocycles. The van der Waals surface area contributed by atoms with E-state index in [2.05, 4.69) is 24.4 Å². The summed E-state index contributed by atoms with van der Waals surface area (Å²) in [7, 11) is 0. The lowest BCUT2D eigenvalue weighted by Gasteiger charge is -2.12. The summed E-state index contributed by atoms with van der Waals surface area (Å²) in [6.45, 7) is 2.10. The highest BCUT2D eigenvalue weighted by Crippen LogP contribution is 2.15. The molecule has 1 atom stereocenters. The Labute approximate surface area is 137 Å². The van der Waals surface area contributed by atoms with Crippen LogP contribution in [0.2, 0.25) is 0 Å². The minimum atomic E-state index is 0.0280. The molecule has 0 saturated carbocycles. The van der Waals surface area contributed by atoms with Gasteiger partial charge in [-0.25, -0.2) is 0 Å². The van der Waals surface area contributed by atoms with Gasteiger partial charge in [0, 0.05) is 18.5 Å². The Morgan fingerprint density at radius 3 is 2.39 bits per heavy atom. The zero-order valence-corrected chi connectivity index (χ0v) is 13.4. The molecule has 0 bridgehead atoms. The molecule has 0 spiro atoms. The van der Waals surface area contributed by atoms with Crippen LogP contribution in [0.15, 0.2) is 54.6 Å². The molecule has 2 rings (SSSR count). The van der Waals surface area contributed by atoms with Crippen molar-refractivity contribution in [1.82, 2.24) is 0 Å². The Hall–Kier alpha value is -2.42. The van der Waals surface area contributed by atoms with Gasteiger partial charge in [-0.05, 0) is 42.0 Å². The summed E-state index contributed by atoms with van der Waals surface area (Å²) in [6, 6.07) is 17.6. The van der Waals surface area contributed by atoms with E-state index in [4.69, 9.17) is 0 Å². The number of aryl methyl sites for hydroxylation is 1. The quantitative estimate of drug-likeness (QED) is 0.803. The van der Waals surface area contributed by atoms with Crippen LogP contribution in [0.4, 0.5) is 5.69 Å². The minimum Gasteiger partial charge on any atom is -0.326 e. The molecule has 119 valence electrons. The van der Waals surface area contributed by atoms with Gasteiger partial charge in [-0.1, -0.05) is 49.4 Å². The molecule has 2 aromatic carbocycles. The Kier molecular flexibility index (Phi) is 6.55. The van der Waals surface area contributed by atoms with E-state index in [1.54, 1.807) is 0 Å². The van der Waals surface area contributed by atoms with E-state index in [9.17, 15) is 9.59 Å². The monoisotopic (exact) mass is 308 g/mol. The summed E-state index contributed by atoms with van der Waals surface area (Å²) >= 11 is 0. The zero-order chi connectivity index (χ0) is 16.5. The maximum absolute atomic E-state index is 12.1. The van der Waals surface area contributed by atoms with Crippen molar-refractivity contribution in [3.8, 4) is 0 Å². The highest BCUT2D eigenvalue weighted by molar-refractivity contribution is 5.90. The Morgan fingerprint density at radius 2 is 1.74 bits per heavy atom. The summed E-state index contributed by atoms with van der Waals surface area (Å²) in [5.41, 5.74) is 2.97. The van der Waals surface area contributed by atoms with Crippen molar-refractivity contribution >= 4 is 17.9 Å². The highest BCUT2D eigenvalue weighted by atomic mass is 16.1. The summed E-state index contributed by atoms with van der Waals surface area (Å²) in [5, 5.41) is 2.90. The van der Waals surface area contributed by atoms with Gasteiger partial charge < -0.3 is 5.32 Å². The molecule has 3 nitrogen and oxygen atoms in total. The Balaban J connectivity index is 1.76. The molecular formula is C20H22NO2. The fourth-order valence-electron chi connectivity index (χ4n) is 2.48. The van der Waals surface area contributed by atoms with E-state index in [1.807, 2.05) is 48.8 Å². The van der Waals surface area contributed by atoms with Crippen LogP contribution in [0.3, 0.4) is 0 Å². The van der Waals surface area contributed by atoms with E-state index >= 15 is 0 Å². The van der Waals surface area contributed by atoms with Crippen LogP contribution in [0.25, 0.3) is 0 Å². The molecule has 0 fully saturated rings. The van der Waals surface area contributed by atoms with E-state index < -0.39 is 0 Å². The van der Waals surface area contributed by atoms with Crippen LogP contribution in [0, 0.1) is 5.92 Å². The molecule has 0 aliphatic heterocycles. The smallest absolute Gasteiger partial charge is 0.224 e. The average Bonchev–Trinajstić information content (AvgIpc) is 2.56. The van der Waals surface area contributed by atoms with Crippen molar-refractivity contribution in [3.63, 3.8) is 0 Å². The highest BCUT2D eigenvalue weighted by Gasteiger charge is 2.09. The molecule has 3 heteroatoms. The van der Waals surface area contributed by atoms with Crippen molar-refractivity contribution in [1.29, 1.82) is 0 Å². The van der Waals surface area contributed by atoms with Crippen LogP contribution >= 0.6 is 0 Å². The molecule has 0 saturated heterocycles. The summed E-state index contributed by atoms with van der Waals surface area (Å²) in [5.74, 6) is 0.361. The lowest BCUT2D eigenvalue weighted by molar-refractivity contribution is -0.117. The van der Waals surface area contributed by atoms with E-state index in [0.29, 0.717) is 12.3 Å². The van der Waals surface area contributed by atoms with Gasteiger partial charge >= 0.3 is 0 Å². The van der Waals surface area contributed by atoms with Crippen LogP contribution < -0.4 is 5.32 Å². The van der Waals surface area contributed by atoms with Crippen molar-refractivity contribution < 1.29 is 9.59 Å². The van der Waals surface area contributed by atoms with Gasteiger partial charge in [-0.2, -0.15) is 0 Å². The standard InChI is InChI=1S/C20H22NO2/c1-16(7-8-17-5-3-2-4-6-17)15-20(23)21-19-11-9-18(10-12-19)13-14-22/h2-6,9-12,16H,7-8,13,15H2,1H3,(H,21,23). The molecule has 0 aromatic heterocycles. The van der Waals surface area contributed by atoms with Crippen LogP contribution in [0.5, 0.6) is 0 Å². The predicted octanol–water partition coefficient (Wildman–Crippen LogP) is 3.94. The second kappa shape index (κ2) is 8.89. The number of nitrogens with one attached hydrogen (secondary N) is 1. The van der Waals surface area contributed by atoms with Crippen molar-refractivity contribution in [2.45, 2.75) is 32.6 Å². The first-order valence-corrected chi connectivity index (χ1v) is 7.95. The number of carbonyl (C=O) groups excluding carboxylic acids is 2. The summed E-state index contributed by atoms with van der Waals surface area (Å²) in [6.07, 6.45) is 4.64. The first-order chi connectivity index (χ1) is 11.2. The molecular weight excluding hydrogens is 286 g/mol. The summed E-state index contributed by atoms with van der Waals surface area (Å²) in [4.78, 5) is 22.4. The van der Waals surface area contributed by atoms with Gasteiger partial charge in [0.2, 0.25) is 12.2 Å². The van der Waals surface area contributed by atoms with Crippen LogP contribution in [-0.2, 0) is 22.4 Å². The lowest BCUT2D eigenvalue weighted by Crippen LogP contribution is -2.15. The molecule has 1 radical (unpaired) electrons. The number of rotatable bonds is 8. The average molecular weight is 308 g/mol. The van der Waals surface area contributed by atoms with Gasteiger partial charge in [0.25, 0.3) is 0 Å². The molecule has 0 aliphatic rings. The van der Waals surface area contributed by atoms with E-state index in [0.717, 1.165) is 24.1 Å². The number of anilines is 1. The SMILES string of the molecule is CC(CCc1ccccc1)CC(=O)Nc1ccc(C[C]=O)cc1. The number of benzene rings is 2. The fraction of sp³-hybridized carbons (Fsp3) is 0.300. The first-order valence-electron chi connectivity index (χ1n) is 7.95. The third kappa shape index (κ3) is 6.07. The molecule has 1 N–H and O–H groups in total. The van der Waals surface area contributed by atoms with Gasteiger partial charge in [0.15, 0.2) is 0 Å². The van der Waals surface area contributed by atoms with E-state index in [1.165, 1.54) is 5.56 Å². The largest absolute Gasteiger partial charge is 0.326 e. The van der Waals surface area contributed by atoms with Crippen molar-refractivity contribution in [2.75, 3.05) is 5.32 Å². The maximum Gasteiger partial charge on any atom is 0.224 e. The fourth-order valence-corrected chi connectivity index (χ4v) is 2.48. The molecule has 1 unspecified atom stereocenters. The normalized spacial score (nSPS) is 11.7. The number of hydrogen-bond donors (Lipinski definition) is 1. The Bertz CT molecular complexity index is 620. The minimum absolute atomic E-state index is 0.0280. The Morgan fingerprint density at radius 1 is 1.04 bits per heavy atom. The van der Waals surface area contributed by atoms with Gasteiger partial charge in [0.1, 0.15) is 0 Å². The molecule has 0 aliphatic carbocycles. The third-order valence-electron chi connectivity index (χ3n) is 3.82. The maximum atomic E-state index is 12.1. The number of carbonyl (C=O) groups is 1. The second-order valence-corrected chi connectivity index (χ2v) is 5.90. The lowest BCUT2D eigenvalue weighted by atomic mass is 9.98. The van der Waals surface area contributed by atoms with Crippen LogP contribution in [0.1, 0.15) is 30.9 Å². The van der Waals surface area contributed by atoms with E-state index in [-0.39, 0.29) is 12.3 Å².